The van der Waals surface area contributed by atoms with Crippen LogP contribution in [0.2, 0.25) is 39.3 Å². The Morgan fingerprint density at radius 2 is 0.911 bits per heavy atom. The Labute approximate surface area is 565 Å². The Hall–Kier alpha value is -7.23. The van der Waals surface area contributed by atoms with Gasteiger partial charge in [-0.15, -0.1) is 102 Å². The van der Waals surface area contributed by atoms with Gasteiger partial charge in [0.1, 0.15) is 16.7 Å². The Bertz CT molecular complexity index is 3910. The second-order valence-corrected chi connectivity index (χ2v) is 32.6. The summed E-state index contributed by atoms with van der Waals surface area (Å²) in [5.74, 6) is 5.36. The van der Waals surface area contributed by atoms with Gasteiger partial charge in [-0.1, -0.05) is 147 Å². The van der Waals surface area contributed by atoms with Crippen LogP contribution < -0.4 is 10.4 Å². The third-order valence-corrected chi connectivity index (χ3v) is 16.7. The fourth-order valence-corrected chi connectivity index (χ4v) is 10.6. The number of aliphatic hydroxyl groups excluding tert-OH is 2. The van der Waals surface area contributed by atoms with Crippen LogP contribution in [0.3, 0.4) is 0 Å². The van der Waals surface area contributed by atoms with E-state index in [0.29, 0.717) is 6.26 Å². The number of benzene rings is 6. The summed E-state index contributed by atoms with van der Waals surface area (Å²) < 4.78 is 39.6. The maximum Gasteiger partial charge on any atom is 0.144 e. The normalized spacial score (nSPS) is 10.0. The molecular weight excluding hydrogens is 1530 g/mol. The van der Waals surface area contributed by atoms with Crippen molar-refractivity contribution < 1.29 is 72.2 Å². The van der Waals surface area contributed by atoms with E-state index in [1.165, 1.54) is 37.7 Å². The molecule has 90 heavy (non-hydrogen) atoms. The maximum atomic E-state index is 9.08. The molecule has 12 rings (SSSR count). The average Bonchev–Trinajstić information content (AvgIpc) is 1.69. The second kappa shape index (κ2) is 40.5. The molecule has 0 aliphatic heterocycles. The third kappa shape index (κ3) is 24.9. The van der Waals surface area contributed by atoms with Gasteiger partial charge < -0.3 is 38.6 Å². The summed E-state index contributed by atoms with van der Waals surface area (Å²) in [7, 11) is 3.39. The molecule has 12 aromatic rings. The first kappa shape index (κ1) is 80.8. The van der Waals surface area contributed by atoms with Gasteiger partial charge in [0.15, 0.2) is 0 Å². The second-order valence-electron chi connectivity index (χ2n) is 21.0. The summed E-state index contributed by atoms with van der Waals surface area (Å²) in [6, 6.07) is 68.9. The minimum Gasteiger partial charge on any atom is -0.748 e. The SMILES string of the molecule is C.CC#CC.CO.CO.CS(=O)(=O)[O-].C[Si](C)(C)c1ccc2oc3c(-c4ccccn4)[c-]ccc3c2c1.C[Si](C)(C)c1ccc2oc3c(-c4ccccn4)cccc3c2c1.Cc1ccc(-c2[c-]cccc2)nc1.Cc1ccc(-c2[c-]cccc2)nc1.[B][B].[Ir].[Ir]. The van der Waals surface area contributed by atoms with E-state index in [2.05, 4.69) is 178 Å². The van der Waals surface area contributed by atoms with E-state index in [9.17, 15) is 0 Å². The molecule has 0 unspecified atom stereocenters. The van der Waals surface area contributed by atoms with E-state index in [0.717, 1.165) is 87.0 Å². The first-order chi connectivity index (χ1) is 41.7. The number of rotatable bonds is 6. The van der Waals surface area contributed by atoms with E-state index in [1.54, 1.807) is 6.20 Å². The molecular formula is C72H78B2Ir2N4O7SSi2-4. The van der Waals surface area contributed by atoms with Crippen molar-refractivity contribution in [1.29, 1.82) is 0 Å². The van der Waals surface area contributed by atoms with E-state index < -0.39 is 26.3 Å². The topological polar surface area (TPSA) is 175 Å². The molecule has 0 aliphatic rings. The van der Waals surface area contributed by atoms with Crippen LogP contribution in [0.15, 0.2) is 210 Å². The zero-order chi connectivity index (χ0) is 64.2. The van der Waals surface area contributed by atoms with Crippen molar-refractivity contribution in [3.05, 3.63) is 230 Å². The monoisotopic (exact) mass is 1610 g/mol. The molecule has 0 spiro atoms. The van der Waals surface area contributed by atoms with Crippen LogP contribution in [0.5, 0.6) is 0 Å². The van der Waals surface area contributed by atoms with Gasteiger partial charge in [0.2, 0.25) is 0 Å². The molecule has 6 aromatic carbocycles. The summed E-state index contributed by atoms with van der Waals surface area (Å²) in [6.45, 7) is 21.9. The molecule has 6 aromatic heterocycles. The van der Waals surface area contributed by atoms with Crippen molar-refractivity contribution in [3.8, 4) is 56.9 Å². The predicted molar refractivity (Wildman–Crippen MR) is 374 cm³/mol. The fraction of sp³-hybridized carbons (Fsp3) is 0.194. The minimum absolute atomic E-state index is 0. The summed E-state index contributed by atoms with van der Waals surface area (Å²) in [5.41, 5.74) is 13.9. The molecule has 0 aliphatic carbocycles. The number of aromatic nitrogens is 4. The van der Waals surface area contributed by atoms with Gasteiger partial charge in [-0.05, 0) is 92.3 Å². The Morgan fingerprint density at radius 1 is 0.489 bits per heavy atom. The number of pyridine rings is 4. The number of hydrogen-bond donors (Lipinski definition) is 2. The zero-order valence-electron chi connectivity index (χ0n) is 52.5. The van der Waals surface area contributed by atoms with E-state index in [1.807, 2.05) is 149 Å². The Balaban J connectivity index is 0.000000565. The molecule has 11 nitrogen and oxygen atoms in total. The molecule has 470 valence electrons. The number of fused-ring (bicyclic) bond motifs is 6. The largest absolute Gasteiger partial charge is 0.748 e. The molecule has 0 saturated carbocycles. The van der Waals surface area contributed by atoms with Gasteiger partial charge in [-0.3, -0.25) is 4.98 Å². The zero-order valence-corrected chi connectivity index (χ0v) is 60.1. The number of aliphatic hydroxyl groups is 2. The fourth-order valence-electron chi connectivity index (χ4n) is 8.26. The van der Waals surface area contributed by atoms with Gasteiger partial charge in [0, 0.05) is 123 Å². The first-order valence-electron chi connectivity index (χ1n) is 27.6. The number of aryl methyl sites for hydroxylation is 2. The number of furan rings is 2. The van der Waals surface area contributed by atoms with Crippen LogP contribution in [0.1, 0.15) is 32.4 Å². The molecule has 6 radical (unpaired) electrons. The summed E-state index contributed by atoms with van der Waals surface area (Å²) in [5, 5.41) is 21.6. The quantitative estimate of drug-likeness (QED) is 0.0701. The van der Waals surface area contributed by atoms with Crippen molar-refractivity contribution in [2.45, 2.75) is 74.4 Å². The van der Waals surface area contributed by atoms with Gasteiger partial charge >= 0.3 is 0 Å². The van der Waals surface area contributed by atoms with Crippen molar-refractivity contribution in [1.82, 2.24) is 19.9 Å². The molecule has 0 atom stereocenters. The van der Waals surface area contributed by atoms with Crippen LogP contribution in [-0.2, 0) is 50.3 Å². The van der Waals surface area contributed by atoms with Crippen molar-refractivity contribution in [3.63, 3.8) is 0 Å². The van der Waals surface area contributed by atoms with Crippen molar-refractivity contribution in [2.24, 2.45) is 0 Å². The van der Waals surface area contributed by atoms with Crippen LogP contribution in [-0.4, -0.2) is 95.2 Å². The van der Waals surface area contributed by atoms with Gasteiger partial charge in [-0.2, -0.15) is 0 Å². The van der Waals surface area contributed by atoms with E-state index in [-0.39, 0.29) is 47.6 Å². The third-order valence-electron chi connectivity index (χ3n) is 12.6. The molecule has 18 heteroatoms. The van der Waals surface area contributed by atoms with Crippen molar-refractivity contribution in [2.75, 3.05) is 20.5 Å². The van der Waals surface area contributed by atoms with Crippen LogP contribution in [0, 0.1) is 43.9 Å². The van der Waals surface area contributed by atoms with Gasteiger partial charge in [0.05, 0.1) is 37.5 Å². The van der Waals surface area contributed by atoms with Crippen LogP contribution in [0.25, 0.3) is 88.9 Å². The smallest absolute Gasteiger partial charge is 0.144 e. The maximum absolute atomic E-state index is 9.08. The Kier molecular flexibility index (Phi) is 36.4. The summed E-state index contributed by atoms with van der Waals surface area (Å²) in [6.07, 6.45) is 7.97. The number of para-hydroxylation sites is 1. The van der Waals surface area contributed by atoms with Crippen LogP contribution >= 0.6 is 0 Å². The van der Waals surface area contributed by atoms with Gasteiger partial charge in [-0.25, -0.2) is 8.42 Å². The average molecular weight is 1610 g/mol. The molecule has 0 fully saturated rings. The van der Waals surface area contributed by atoms with Crippen molar-refractivity contribution >= 4 is 96.0 Å². The summed E-state index contributed by atoms with van der Waals surface area (Å²) in [4.78, 5) is 17.5. The molecule has 2 N–H and O–H groups in total. The summed E-state index contributed by atoms with van der Waals surface area (Å²) >= 11 is 0. The van der Waals surface area contributed by atoms with E-state index >= 15 is 0 Å². The Morgan fingerprint density at radius 3 is 1.29 bits per heavy atom. The predicted octanol–water partition coefficient (Wildman–Crippen LogP) is 15.2. The first-order valence-corrected chi connectivity index (χ1v) is 36.5. The molecule has 0 amide bonds. The van der Waals surface area contributed by atoms with Gasteiger partial charge in [0.25, 0.3) is 0 Å². The number of nitrogens with zero attached hydrogens (tertiary/aromatic N) is 4. The van der Waals surface area contributed by atoms with Crippen LogP contribution in [0.4, 0.5) is 0 Å². The molecule has 0 saturated heterocycles. The standard InChI is InChI=1S/C20H19NOSi.C20H18NOSi.2C12H10N.C4H6.CH4O3S.2CH4O.CH4.B2.2Ir/c2*1-23(2,3)14-10-11-19-17(13-14)15-7-6-8-16(20(15)22-19)18-9-4-5-12-21-18;2*1-10-7-8-12(13-9-10)11-5-3-2-4-6-11;1-3-4-2;1-5(2,3)4;2*1-2;;1-2;;/h4-13H,1-3H3;4-7,9-13H,1-3H3;2*2-5,7-9H,1H3;1-2H3;1H3,(H,2,3,4);2*2H,1H3;1H4;;;/q;3*-1;;;;;;;;/p-1. The minimum atomic E-state index is -3.92. The molecule has 0 bridgehead atoms. The number of hydrogen-bond acceptors (Lipinski definition) is 11. The molecule has 6 heterocycles. The van der Waals surface area contributed by atoms with E-state index in [4.69, 9.17) is 32.0 Å².